The Labute approximate surface area is 93.7 Å². The monoisotopic (exact) mass is 221 g/mol. The van der Waals surface area contributed by atoms with E-state index in [4.69, 9.17) is 11.6 Å². The molecule has 0 spiro atoms. The predicted octanol–water partition coefficient (Wildman–Crippen LogP) is 2.53. The molecule has 78 valence electrons. The zero-order chi connectivity index (χ0) is 10.8. The molecule has 4 heteroatoms. The molecule has 2 aromatic rings. The standard InChI is InChI=1S/C11H12ClN3/c1-8-5-3-4-6-9(8)11-14-13-10(7-12)15(11)2/h3-6H,7H2,1-2H3. The van der Waals surface area contributed by atoms with Crippen LogP contribution in [0, 0.1) is 6.92 Å². The zero-order valence-corrected chi connectivity index (χ0v) is 9.49. The van der Waals surface area contributed by atoms with Gasteiger partial charge in [-0.1, -0.05) is 24.3 Å². The van der Waals surface area contributed by atoms with Crippen LogP contribution in [0.5, 0.6) is 0 Å². The summed E-state index contributed by atoms with van der Waals surface area (Å²) in [6, 6.07) is 8.11. The first kappa shape index (κ1) is 10.2. The molecular formula is C11H12ClN3. The van der Waals surface area contributed by atoms with Gasteiger partial charge in [0.1, 0.15) is 5.82 Å². The van der Waals surface area contributed by atoms with E-state index in [1.54, 1.807) is 0 Å². The van der Waals surface area contributed by atoms with Crippen molar-refractivity contribution in [2.45, 2.75) is 12.8 Å². The van der Waals surface area contributed by atoms with E-state index in [1.165, 1.54) is 5.56 Å². The summed E-state index contributed by atoms with van der Waals surface area (Å²) >= 11 is 5.75. The molecule has 3 nitrogen and oxygen atoms in total. The first-order chi connectivity index (χ1) is 7.24. The van der Waals surface area contributed by atoms with Gasteiger partial charge in [0.15, 0.2) is 5.82 Å². The normalized spacial score (nSPS) is 10.6. The molecule has 2 rings (SSSR count). The average Bonchev–Trinajstić information content (AvgIpc) is 2.60. The van der Waals surface area contributed by atoms with Crippen molar-refractivity contribution in [2.24, 2.45) is 7.05 Å². The Kier molecular flexibility index (Phi) is 2.73. The van der Waals surface area contributed by atoms with Crippen LogP contribution in [0.1, 0.15) is 11.4 Å². The highest BCUT2D eigenvalue weighted by Gasteiger charge is 2.10. The van der Waals surface area contributed by atoms with Gasteiger partial charge in [-0.3, -0.25) is 0 Å². The van der Waals surface area contributed by atoms with Gasteiger partial charge in [-0.2, -0.15) is 0 Å². The van der Waals surface area contributed by atoms with Crippen LogP contribution in [-0.4, -0.2) is 14.8 Å². The second-order valence-corrected chi connectivity index (χ2v) is 3.71. The highest BCUT2D eigenvalue weighted by atomic mass is 35.5. The van der Waals surface area contributed by atoms with Gasteiger partial charge in [-0.25, -0.2) is 0 Å². The fraction of sp³-hybridized carbons (Fsp3) is 0.273. The second-order valence-electron chi connectivity index (χ2n) is 3.45. The Morgan fingerprint density at radius 3 is 2.60 bits per heavy atom. The molecule has 0 saturated carbocycles. The lowest BCUT2D eigenvalue weighted by atomic mass is 10.1. The Balaban J connectivity index is 2.55. The lowest BCUT2D eigenvalue weighted by molar-refractivity contribution is 0.853. The fourth-order valence-electron chi connectivity index (χ4n) is 1.54. The summed E-state index contributed by atoms with van der Waals surface area (Å²) in [5, 5.41) is 8.18. The molecule has 0 saturated heterocycles. The van der Waals surface area contributed by atoms with Crippen molar-refractivity contribution in [2.75, 3.05) is 0 Å². The SMILES string of the molecule is Cc1ccccc1-c1nnc(CCl)n1C. The molecule has 0 amide bonds. The number of alkyl halides is 1. The van der Waals surface area contributed by atoms with Crippen molar-refractivity contribution < 1.29 is 0 Å². The van der Waals surface area contributed by atoms with Gasteiger partial charge in [0.05, 0.1) is 5.88 Å². The topological polar surface area (TPSA) is 30.7 Å². The molecule has 0 radical (unpaired) electrons. The number of hydrogen-bond donors (Lipinski definition) is 0. The van der Waals surface area contributed by atoms with Crippen LogP contribution in [0.3, 0.4) is 0 Å². The molecule has 0 unspecified atom stereocenters. The van der Waals surface area contributed by atoms with Crippen LogP contribution in [-0.2, 0) is 12.9 Å². The molecule has 0 N–H and O–H groups in total. The quantitative estimate of drug-likeness (QED) is 0.730. The summed E-state index contributed by atoms with van der Waals surface area (Å²) < 4.78 is 1.93. The first-order valence-electron chi connectivity index (χ1n) is 4.74. The molecule has 0 aliphatic rings. The number of hydrogen-bond acceptors (Lipinski definition) is 2. The number of nitrogens with zero attached hydrogens (tertiary/aromatic N) is 3. The van der Waals surface area contributed by atoms with Crippen molar-refractivity contribution >= 4 is 11.6 Å². The van der Waals surface area contributed by atoms with E-state index in [9.17, 15) is 0 Å². The van der Waals surface area contributed by atoms with Crippen molar-refractivity contribution in [1.29, 1.82) is 0 Å². The molecule has 0 bridgehead atoms. The Morgan fingerprint density at radius 2 is 2.00 bits per heavy atom. The molecule has 15 heavy (non-hydrogen) atoms. The van der Waals surface area contributed by atoms with E-state index < -0.39 is 0 Å². The van der Waals surface area contributed by atoms with Crippen LogP contribution in [0.4, 0.5) is 0 Å². The maximum Gasteiger partial charge on any atom is 0.163 e. The molecule has 1 heterocycles. The van der Waals surface area contributed by atoms with Gasteiger partial charge in [-0.05, 0) is 12.5 Å². The largest absolute Gasteiger partial charge is 0.313 e. The van der Waals surface area contributed by atoms with E-state index >= 15 is 0 Å². The Hall–Kier alpha value is -1.35. The number of benzene rings is 1. The summed E-state index contributed by atoms with van der Waals surface area (Å²) in [5.41, 5.74) is 2.29. The fourth-order valence-corrected chi connectivity index (χ4v) is 1.77. The van der Waals surface area contributed by atoms with Crippen LogP contribution in [0.25, 0.3) is 11.4 Å². The van der Waals surface area contributed by atoms with E-state index in [1.807, 2.05) is 29.8 Å². The second kappa shape index (κ2) is 4.03. The Bertz CT molecular complexity index is 476. The molecule has 1 aromatic heterocycles. The molecule has 1 aromatic carbocycles. The third kappa shape index (κ3) is 1.75. The zero-order valence-electron chi connectivity index (χ0n) is 8.74. The summed E-state index contributed by atoms with van der Waals surface area (Å²) in [4.78, 5) is 0. The van der Waals surface area contributed by atoms with Gasteiger partial charge in [0, 0.05) is 12.6 Å². The summed E-state index contributed by atoms with van der Waals surface area (Å²) in [7, 11) is 1.93. The van der Waals surface area contributed by atoms with Gasteiger partial charge in [-0.15, -0.1) is 21.8 Å². The van der Waals surface area contributed by atoms with Crippen molar-refractivity contribution in [3.8, 4) is 11.4 Å². The molecule has 0 aliphatic carbocycles. The number of aromatic nitrogens is 3. The van der Waals surface area contributed by atoms with E-state index in [0.29, 0.717) is 5.88 Å². The number of aryl methyl sites for hydroxylation is 1. The van der Waals surface area contributed by atoms with Crippen LogP contribution in [0.2, 0.25) is 0 Å². The minimum Gasteiger partial charge on any atom is -0.313 e. The Morgan fingerprint density at radius 1 is 1.27 bits per heavy atom. The number of rotatable bonds is 2. The minimum atomic E-state index is 0.384. The van der Waals surface area contributed by atoms with Crippen molar-refractivity contribution in [3.63, 3.8) is 0 Å². The van der Waals surface area contributed by atoms with Crippen molar-refractivity contribution in [1.82, 2.24) is 14.8 Å². The van der Waals surface area contributed by atoms with Crippen LogP contribution >= 0.6 is 11.6 Å². The molecular weight excluding hydrogens is 210 g/mol. The highest BCUT2D eigenvalue weighted by molar-refractivity contribution is 6.16. The third-order valence-electron chi connectivity index (χ3n) is 2.47. The molecule has 0 atom stereocenters. The summed E-state index contributed by atoms with van der Waals surface area (Å²) in [6.45, 7) is 2.06. The first-order valence-corrected chi connectivity index (χ1v) is 5.27. The minimum absolute atomic E-state index is 0.384. The number of halogens is 1. The van der Waals surface area contributed by atoms with Crippen LogP contribution < -0.4 is 0 Å². The van der Waals surface area contributed by atoms with Gasteiger partial charge < -0.3 is 4.57 Å². The summed E-state index contributed by atoms with van der Waals surface area (Å²) in [6.07, 6.45) is 0. The van der Waals surface area contributed by atoms with E-state index in [-0.39, 0.29) is 0 Å². The lowest BCUT2D eigenvalue weighted by Crippen LogP contribution is -1.98. The maximum absolute atomic E-state index is 5.75. The van der Waals surface area contributed by atoms with E-state index in [2.05, 4.69) is 23.2 Å². The molecule has 0 fully saturated rings. The van der Waals surface area contributed by atoms with Crippen LogP contribution in [0.15, 0.2) is 24.3 Å². The summed E-state index contributed by atoms with van der Waals surface area (Å²) in [5.74, 6) is 2.04. The maximum atomic E-state index is 5.75. The smallest absolute Gasteiger partial charge is 0.163 e. The third-order valence-corrected chi connectivity index (χ3v) is 2.71. The highest BCUT2D eigenvalue weighted by Crippen LogP contribution is 2.21. The average molecular weight is 222 g/mol. The predicted molar refractivity (Wildman–Crippen MR) is 60.7 cm³/mol. The van der Waals surface area contributed by atoms with Gasteiger partial charge in [0.25, 0.3) is 0 Å². The lowest BCUT2D eigenvalue weighted by Gasteiger charge is -2.04. The van der Waals surface area contributed by atoms with Gasteiger partial charge >= 0.3 is 0 Å². The van der Waals surface area contributed by atoms with Gasteiger partial charge in [0.2, 0.25) is 0 Å². The van der Waals surface area contributed by atoms with Crippen molar-refractivity contribution in [3.05, 3.63) is 35.7 Å². The molecule has 0 aliphatic heterocycles. The van der Waals surface area contributed by atoms with E-state index in [0.717, 1.165) is 17.2 Å².